The van der Waals surface area contributed by atoms with E-state index in [4.69, 9.17) is 4.42 Å². The Hall–Kier alpha value is -1.59. The number of halogens is 1. The Bertz CT molecular complexity index is 539. The fraction of sp³-hybridized carbons (Fsp3) is 0.214. The van der Waals surface area contributed by atoms with E-state index in [1.54, 1.807) is 12.1 Å². The molecule has 100 valence electrons. The van der Waals surface area contributed by atoms with Crippen LogP contribution in [-0.4, -0.2) is 17.6 Å². The van der Waals surface area contributed by atoms with Gasteiger partial charge in [0.05, 0.1) is 19.2 Å². The van der Waals surface area contributed by atoms with Gasteiger partial charge in [0.25, 0.3) is 0 Å². The third-order valence-corrected chi connectivity index (χ3v) is 3.11. The molecule has 5 heteroatoms. The predicted molar refractivity (Wildman–Crippen MR) is 74.5 cm³/mol. The smallest absolute Gasteiger partial charge is 0.224 e. The van der Waals surface area contributed by atoms with Crippen LogP contribution in [-0.2, 0) is 11.2 Å². The Morgan fingerprint density at radius 3 is 2.89 bits per heavy atom. The summed E-state index contributed by atoms with van der Waals surface area (Å²) in [5.41, 5.74) is 0.916. The lowest BCUT2D eigenvalue weighted by molar-refractivity contribution is -0.120. The van der Waals surface area contributed by atoms with Gasteiger partial charge in [-0.1, -0.05) is 28.1 Å². The molecule has 2 aromatic rings. The number of carbonyl (C=O) groups is 1. The Morgan fingerprint density at radius 2 is 2.21 bits per heavy atom. The Kier molecular flexibility index (Phi) is 4.76. The van der Waals surface area contributed by atoms with Gasteiger partial charge in [0.1, 0.15) is 11.9 Å². The molecule has 0 saturated heterocycles. The summed E-state index contributed by atoms with van der Waals surface area (Å²) in [4.78, 5) is 11.7. The zero-order valence-corrected chi connectivity index (χ0v) is 11.8. The molecule has 1 unspecified atom stereocenters. The van der Waals surface area contributed by atoms with Crippen molar-refractivity contribution in [3.05, 3.63) is 58.5 Å². The number of carbonyl (C=O) groups excluding carboxylic acids is 1. The van der Waals surface area contributed by atoms with Crippen molar-refractivity contribution in [1.82, 2.24) is 5.32 Å². The van der Waals surface area contributed by atoms with Gasteiger partial charge < -0.3 is 14.8 Å². The second-order valence-corrected chi connectivity index (χ2v) is 5.06. The van der Waals surface area contributed by atoms with E-state index in [-0.39, 0.29) is 18.9 Å². The van der Waals surface area contributed by atoms with Gasteiger partial charge >= 0.3 is 0 Å². The van der Waals surface area contributed by atoms with Crippen LogP contribution in [0.1, 0.15) is 17.4 Å². The summed E-state index contributed by atoms with van der Waals surface area (Å²) >= 11 is 3.36. The van der Waals surface area contributed by atoms with E-state index in [0.717, 1.165) is 10.0 Å². The van der Waals surface area contributed by atoms with Crippen LogP contribution in [0.2, 0.25) is 0 Å². The fourth-order valence-electron chi connectivity index (χ4n) is 1.69. The molecule has 2 N–H and O–H groups in total. The maximum Gasteiger partial charge on any atom is 0.224 e. The minimum absolute atomic E-state index is 0.135. The van der Waals surface area contributed by atoms with E-state index in [9.17, 15) is 9.90 Å². The van der Waals surface area contributed by atoms with Crippen LogP contribution in [0, 0.1) is 0 Å². The van der Waals surface area contributed by atoms with Crippen molar-refractivity contribution >= 4 is 21.8 Å². The number of nitrogens with one attached hydrogen (secondary N) is 1. The topological polar surface area (TPSA) is 62.5 Å². The highest BCUT2D eigenvalue weighted by Gasteiger charge is 2.12. The minimum Gasteiger partial charge on any atom is -0.467 e. The number of hydrogen-bond acceptors (Lipinski definition) is 3. The molecule has 0 radical (unpaired) electrons. The van der Waals surface area contributed by atoms with Crippen LogP contribution in [0.15, 0.2) is 51.6 Å². The largest absolute Gasteiger partial charge is 0.467 e. The third kappa shape index (κ3) is 4.22. The van der Waals surface area contributed by atoms with Gasteiger partial charge in [0.2, 0.25) is 5.91 Å². The molecule has 0 spiro atoms. The van der Waals surface area contributed by atoms with E-state index in [0.29, 0.717) is 5.76 Å². The summed E-state index contributed by atoms with van der Waals surface area (Å²) < 4.78 is 5.99. The number of aliphatic hydroxyl groups is 1. The molecule has 0 aliphatic carbocycles. The Balaban J connectivity index is 1.82. The SMILES string of the molecule is O=C(Cc1cccc(Br)c1)NCC(O)c1ccco1. The van der Waals surface area contributed by atoms with Crippen LogP contribution in [0.5, 0.6) is 0 Å². The number of amides is 1. The van der Waals surface area contributed by atoms with E-state index >= 15 is 0 Å². The zero-order chi connectivity index (χ0) is 13.7. The molecule has 0 saturated carbocycles. The molecule has 1 atom stereocenters. The van der Waals surface area contributed by atoms with Crippen LogP contribution >= 0.6 is 15.9 Å². The van der Waals surface area contributed by atoms with E-state index < -0.39 is 6.10 Å². The first-order chi connectivity index (χ1) is 9.15. The molecule has 0 aliphatic heterocycles. The standard InChI is InChI=1S/C14H14BrNO3/c15-11-4-1-3-10(7-11)8-14(18)16-9-12(17)13-5-2-6-19-13/h1-7,12,17H,8-9H2,(H,16,18). The zero-order valence-electron chi connectivity index (χ0n) is 10.2. The van der Waals surface area contributed by atoms with Crippen molar-refractivity contribution in [1.29, 1.82) is 0 Å². The molecule has 1 amide bonds. The summed E-state index contributed by atoms with van der Waals surface area (Å²) in [6, 6.07) is 10.9. The molecule has 1 aromatic carbocycles. The highest BCUT2D eigenvalue weighted by molar-refractivity contribution is 9.10. The van der Waals surface area contributed by atoms with Crippen molar-refractivity contribution < 1.29 is 14.3 Å². The van der Waals surface area contributed by atoms with Crippen LogP contribution in [0.4, 0.5) is 0 Å². The minimum atomic E-state index is -0.818. The summed E-state index contributed by atoms with van der Waals surface area (Å²) in [6.45, 7) is 0.139. The number of furan rings is 1. The lowest BCUT2D eigenvalue weighted by Gasteiger charge is -2.09. The van der Waals surface area contributed by atoms with Gasteiger partial charge in [-0.05, 0) is 29.8 Å². The third-order valence-electron chi connectivity index (χ3n) is 2.62. The van der Waals surface area contributed by atoms with E-state index in [1.807, 2.05) is 24.3 Å². The first-order valence-corrected chi connectivity index (χ1v) is 6.67. The van der Waals surface area contributed by atoms with Gasteiger partial charge in [-0.15, -0.1) is 0 Å². The van der Waals surface area contributed by atoms with Gasteiger partial charge in [0.15, 0.2) is 0 Å². The van der Waals surface area contributed by atoms with Crippen molar-refractivity contribution in [2.75, 3.05) is 6.54 Å². The number of hydrogen-bond donors (Lipinski definition) is 2. The van der Waals surface area contributed by atoms with Crippen molar-refractivity contribution in [3.63, 3.8) is 0 Å². The highest BCUT2D eigenvalue weighted by Crippen LogP contribution is 2.13. The summed E-state index contributed by atoms with van der Waals surface area (Å²) in [5.74, 6) is 0.312. The van der Waals surface area contributed by atoms with Gasteiger partial charge in [-0.25, -0.2) is 0 Å². The molecular formula is C14H14BrNO3. The van der Waals surface area contributed by atoms with Gasteiger partial charge in [0, 0.05) is 4.47 Å². The maximum atomic E-state index is 11.7. The lowest BCUT2D eigenvalue weighted by atomic mass is 10.1. The molecule has 0 bridgehead atoms. The monoisotopic (exact) mass is 323 g/mol. The fourth-order valence-corrected chi connectivity index (χ4v) is 2.13. The van der Waals surface area contributed by atoms with Crippen LogP contribution in [0.25, 0.3) is 0 Å². The average molecular weight is 324 g/mol. The molecule has 1 aromatic heterocycles. The molecule has 0 aliphatic rings. The lowest BCUT2D eigenvalue weighted by Crippen LogP contribution is -2.29. The van der Waals surface area contributed by atoms with Crippen molar-refractivity contribution in [2.24, 2.45) is 0 Å². The Labute approximate surface area is 119 Å². The van der Waals surface area contributed by atoms with E-state index in [1.165, 1.54) is 6.26 Å². The van der Waals surface area contributed by atoms with Gasteiger partial charge in [-0.2, -0.15) is 0 Å². The average Bonchev–Trinajstić information content (AvgIpc) is 2.90. The van der Waals surface area contributed by atoms with E-state index in [2.05, 4.69) is 21.2 Å². The van der Waals surface area contributed by atoms with Crippen LogP contribution < -0.4 is 5.32 Å². The molecule has 4 nitrogen and oxygen atoms in total. The summed E-state index contributed by atoms with van der Waals surface area (Å²) in [6.07, 6.45) is 0.952. The molecule has 19 heavy (non-hydrogen) atoms. The first kappa shape index (κ1) is 13.8. The van der Waals surface area contributed by atoms with Crippen molar-refractivity contribution in [2.45, 2.75) is 12.5 Å². The Morgan fingerprint density at radius 1 is 1.37 bits per heavy atom. The predicted octanol–water partition coefficient (Wildman–Crippen LogP) is 2.43. The molecular weight excluding hydrogens is 310 g/mol. The number of benzene rings is 1. The quantitative estimate of drug-likeness (QED) is 0.888. The second-order valence-electron chi connectivity index (χ2n) is 4.14. The number of aliphatic hydroxyl groups excluding tert-OH is 1. The maximum absolute atomic E-state index is 11.7. The number of rotatable bonds is 5. The van der Waals surface area contributed by atoms with Crippen LogP contribution in [0.3, 0.4) is 0 Å². The van der Waals surface area contributed by atoms with Gasteiger partial charge in [-0.3, -0.25) is 4.79 Å². The van der Waals surface area contributed by atoms with Crippen molar-refractivity contribution in [3.8, 4) is 0 Å². The highest BCUT2D eigenvalue weighted by atomic mass is 79.9. The summed E-state index contributed by atoms with van der Waals surface area (Å²) in [7, 11) is 0. The molecule has 0 fully saturated rings. The molecule has 1 heterocycles. The second kappa shape index (κ2) is 6.54. The molecule has 2 rings (SSSR count). The normalized spacial score (nSPS) is 12.1. The first-order valence-electron chi connectivity index (χ1n) is 5.88. The summed E-state index contributed by atoms with van der Waals surface area (Å²) in [5, 5.41) is 12.4.